The van der Waals surface area contributed by atoms with Gasteiger partial charge in [0.2, 0.25) is 0 Å². The van der Waals surface area contributed by atoms with Crippen LogP contribution in [0.4, 0.5) is 0 Å². The minimum absolute atomic E-state index is 0.158. The van der Waals surface area contributed by atoms with Crippen molar-refractivity contribution in [3.63, 3.8) is 0 Å². The summed E-state index contributed by atoms with van der Waals surface area (Å²) in [5, 5.41) is 4.71. The van der Waals surface area contributed by atoms with Gasteiger partial charge in [-0.15, -0.1) is 0 Å². The average Bonchev–Trinajstić information content (AvgIpc) is 3.15. The quantitative estimate of drug-likeness (QED) is 0.741. The Balaban J connectivity index is 1.22. The molecular formula is C26H37N5O. The molecule has 172 valence electrons. The lowest BCUT2D eigenvalue weighted by atomic mass is 9.89. The highest BCUT2D eigenvalue weighted by Crippen LogP contribution is 2.29. The molecule has 1 aromatic heterocycles. The fraction of sp³-hybridized carbons (Fsp3) is 0.615. The third-order valence-corrected chi connectivity index (χ3v) is 7.69. The van der Waals surface area contributed by atoms with E-state index >= 15 is 0 Å². The van der Waals surface area contributed by atoms with Crippen molar-refractivity contribution in [2.45, 2.75) is 58.0 Å². The summed E-state index contributed by atoms with van der Waals surface area (Å²) in [6, 6.07) is 9.41. The fourth-order valence-electron chi connectivity index (χ4n) is 5.86. The summed E-state index contributed by atoms with van der Waals surface area (Å²) in [6.07, 6.45) is 6.65. The highest BCUT2D eigenvalue weighted by Gasteiger charge is 2.33. The van der Waals surface area contributed by atoms with E-state index in [1.165, 1.54) is 35.2 Å². The number of rotatable bonds is 4. The highest BCUT2D eigenvalue weighted by molar-refractivity contribution is 5.94. The lowest BCUT2D eigenvalue weighted by molar-refractivity contribution is 0.0712. The van der Waals surface area contributed by atoms with Gasteiger partial charge in [0.25, 0.3) is 5.91 Å². The lowest BCUT2D eigenvalue weighted by Gasteiger charge is -2.41. The number of carbonyl (C=O) groups excluding carboxylic acids is 1. The normalized spacial score (nSPS) is 22.7. The number of fused-ring (bicyclic) bond motifs is 1. The molecule has 5 rings (SSSR count). The van der Waals surface area contributed by atoms with Gasteiger partial charge in [0, 0.05) is 70.2 Å². The molecule has 6 nitrogen and oxygen atoms in total. The minimum Gasteiger partial charge on any atom is -0.337 e. The van der Waals surface area contributed by atoms with Gasteiger partial charge in [0.1, 0.15) is 0 Å². The maximum absolute atomic E-state index is 13.2. The van der Waals surface area contributed by atoms with E-state index in [0.717, 1.165) is 77.2 Å². The Kier molecular flexibility index (Phi) is 6.33. The summed E-state index contributed by atoms with van der Waals surface area (Å²) >= 11 is 0. The molecule has 1 aromatic carbocycles. The Labute approximate surface area is 192 Å². The van der Waals surface area contributed by atoms with Crippen molar-refractivity contribution >= 4 is 5.91 Å². The molecule has 0 N–H and O–H groups in total. The molecular weight excluding hydrogens is 398 g/mol. The van der Waals surface area contributed by atoms with Crippen molar-refractivity contribution < 1.29 is 4.79 Å². The number of aryl methyl sites for hydroxylation is 2. The van der Waals surface area contributed by atoms with E-state index in [0.29, 0.717) is 6.04 Å². The SMILES string of the molecule is Cc1cccc(CN2CCN([C@H]3CCc4c(c(C(=O)N5CCCCC5)nn4C)C3)CC2)c1. The zero-order chi connectivity index (χ0) is 22.1. The first-order valence-electron chi connectivity index (χ1n) is 12.4. The third-order valence-electron chi connectivity index (χ3n) is 7.69. The number of amides is 1. The number of piperidine rings is 1. The molecule has 3 aliphatic rings. The second kappa shape index (κ2) is 9.36. The van der Waals surface area contributed by atoms with E-state index in [1.807, 2.05) is 16.6 Å². The second-order valence-electron chi connectivity index (χ2n) is 9.95. The number of carbonyl (C=O) groups is 1. The Hall–Kier alpha value is -2.18. The topological polar surface area (TPSA) is 44.6 Å². The van der Waals surface area contributed by atoms with E-state index in [4.69, 9.17) is 5.10 Å². The van der Waals surface area contributed by atoms with Crippen LogP contribution in [0.5, 0.6) is 0 Å². The third kappa shape index (κ3) is 4.48. The fourth-order valence-corrected chi connectivity index (χ4v) is 5.86. The first-order chi connectivity index (χ1) is 15.6. The summed E-state index contributed by atoms with van der Waals surface area (Å²) in [6.45, 7) is 9.44. The first kappa shape index (κ1) is 21.7. The van der Waals surface area contributed by atoms with Crippen molar-refractivity contribution in [2.24, 2.45) is 7.05 Å². The predicted octanol–water partition coefficient (Wildman–Crippen LogP) is 3.03. The first-order valence-corrected chi connectivity index (χ1v) is 12.4. The molecule has 2 aliphatic heterocycles. The van der Waals surface area contributed by atoms with Crippen molar-refractivity contribution in [3.8, 4) is 0 Å². The average molecular weight is 436 g/mol. The lowest BCUT2D eigenvalue weighted by Crippen LogP contribution is -2.51. The van der Waals surface area contributed by atoms with Gasteiger partial charge in [-0.1, -0.05) is 29.8 Å². The number of nitrogens with zero attached hydrogens (tertiary/aromatic N) is 5. The molecule has 32 heavy (non-hydrogen) atoms. The number of likely N-dealkylation sites (tertiary alicyclic amines) is 1. The largest absolute Gasteiger partial charge is 0.337 e. The Morgan fingerprint density at radius 2 is 1.84 bits per heavy atom. The van der Waals surface area contributed by atoms with Crippen LogP contribution in [0.2, 0.25) is 0 Å². The second-order valence-corrected chi connectivity index (χ2v) is 9.95. The Morgan fingerprint density at radius 3 is 2.59 bits per heavy atom. The Bertz CT molecular complexity index is 953. The van der Waals surface area contributed by atoms with E-state index in [1.54, 1.807) is 0 Å². The van der Waals surface area contributed by atoms with Gasteiger partial charge in [-0.2, -0.15) is 5.10 Å². The van der Waals surface area contributed by atoms with E-state index in [9.17, 15) is 4.79 Å². The van der Waals surface area contributed by atoms with Crippen LogP contribution in [0.15, 0.2) is 24.3 Å². The van der Waals surface area contributed by atoms with Crippen LogP contribution in [0.1, 0.15) is 58.6 Å². The van der Waals surface area contributed by atoms with Crippen LogP contribution in [-0.4, -0.2) is 75.7 Å². The number of piperazine rings is 1. The van der Waals surface area contributed by atoms with Gasteiger partial charge in [-0.05, 0) is 51.0 Å². The number of hydrogen-bond donors (Lipinski definition) is 0. The van der Waals surface area contributed by atoms with Crippen molar-refractivity contribution in [3.05, 3.63) is 52.3 Å². The van der Waals surface area contributed by atoms with Crippen LogP contribution < -0.4 is 0 Å². The number of hydrogen-bond acceptors (Lipinski definition) is 4. The van der Waals surface area contributed by atoms with Crippen LogP contribution in [0.25, 0.3) is 0 Å². The van der Waals surface area contributed by atoms with Gasteiger partial charge >= 0.3 is 0 Å². The highest BCUT2D eigenvalue weighted by atomic mass is 16.2. The zero-order valence-electron chi connectivity index (χ0n) is 19.7. The summed E-state index contributed by atoms with van der Waals surface area (Å²) in [7, 11) is 2.01. The number of aromatic nitrogens is 2. The predicted molar refractivity (Wildman–Crippen MR) is 127 cm³/mol. The van der Waals surface area contributed by atoms with Gasteiger partial charge < -0.3 is 4.90 Å². The molecule has 1 aliphatic carbocycles. The summed E-state index contributed by atoms with van der Waals surface area (Å²) in [4.78, 5) is 20.5. The van der Waals surface area contributed by atoms with E-state index in [2.05, 4.69) is 41.0 Å². The van der Waals surface area contributed by atoms with Gasteiger partial charge in [0.15, 0.2) is 5.69 Å². The summed E-state index contributed by atoms with van der Waals surface area (Å²) in [5.74, 6) is 0.158. The minimum atomic E-state index is 0.158. The van der Waals surface area contributed by atoms with E-state index < -0.39 is 0 Å². The molecule has 0 radical (unpaired) electrons. The Morgan fingerprint density at radius 1 is 1.06 bits per heavy atom. The van der Waals surface area contributed by atoms with Gasteiger partial charge in [-0.3, -0.25) is 19.3 Å². The molecule has 0 bridgehead atoms. The van der Waals surface area contributed by atoms with E-state index in [-0.39, 0.29) is 5.91 Å². The smallest absolute Gasteiger partial charge is 0.274 e. The maximum Gasteiger partial charge on any atom is 0.274 e. The zero-order valence-corrected chi connectivity index (χ0v) is 19.7. The van der Waals surface area contributed by atoms with Crippen LogP contribution in [0, 0.1) is 6.92 Å². The summed E-state index contributed by atoms with van der Waals surface area (Å²) < 4.78 is 1.97. The monoisotopic (exact) mass is 435 g/mol. The molecule has 2 fully saturated rings. The molecule has 0 spiro atoms. The van der Waals surface area contributed by atoms with Gasteiger partial charge in [0.05, 0.1) is 0 Å². The maximum atomic E-state index is 13.2. The molecule has 1 atom stereocenters. The van der Waals surface area contributed by atoms with Crippen LogP contribution in [0.3, 0.4) is 0 Å². The standard InChI is InChI=1S/C26H37N5O/c1-20-7-6-8-21(17-20)19-29-13-15-30(16-14-29)22-9-10-24-23(18-22)25(27-28(24)2)26(32)31-11-4-3-5-12-31/h6-8,17,22H,3-5,9-16,18-19H2,1-2H3/t22-/m0/s1. The van der Waals surface area contributed by atoms with Crippen molar-refractivity contribution in [2.75, 3.05) is 39.3 Å². The molecule has 6 heteroatoms. The molecule has 0 unspecified atom stereocenters. The van der Waals surface area contributed by atoms with Gasteiger partial charge in [-0.25, -0.2) is 0 Å². The van der Waals surface area contributed by atoms with Crippen molar-refractivity contribution in [1.82, 2.24) is 24.5 Å². The molecule has 3 heterocycles. The molecule has 1 amide bonds. The molecule has 2 saturated heterocycles. The molecule has 0 saturated carbocycles. The van der Waals surface area contributed by atoms with Crippen LogP contribution in [-0.2, 0) is 26.4 Å². The number of benzene rings is 1. The van der Waals surface area contributed by atoms with Crippen molar-refractivity contribution in [1.29, 1.82) is 0 Å². The molecule has 2 aromatic rings. The summed E-state index contributed by atoms with van der Waals surface area (Å²) in [5.41, 5.74) is 5.98. The van der Waals surface area contributed by atoms with Crippen LogP contribution >= 0.6 is 0 Å².